The summed E-state index contributed by atoms with van der Waals surface area (Å²) in [6.07, 6.45) is 0. The van der Waals surface area contributed by atoms with Crippen LogP contribution in [0.4, 0.5) is 0 Å². The Balaban J connectivity index is 3.33. The van der Waals surface area contributed by atoms with Crippen molar-refractivity contribution in [2.75, 3.05) is 6.61 Å². The van der Waals surface area contributed by atoms with Crippen molar-refractivity contribution < 1.29 is 4.74 Å². The molecule has 0 aromatic heterocycles. The molecule has 48 valence electrons. The van der Waals surface area contributed by atoms with E-state index in [4.69, 9.17) is 4.74 Å². The van der Waals surface area contributed by atoms with Crippen LogP contribution in [-0.4, -0.2) is 32.2 Å². The Labute approximate surface area is 63.8 Å². The molecule has 0 amide bonds. The van der Waals surface area contributed by atoms with Gasteiger partial charge in [-0.1, -0.05) is 0 Å². The summed E-state index contributed by atoms with van der Waals surface area (Å²) in [5.41, 5.74) is 0. The summed E-state index contributed by atoms with van der Waals surface area (Å²) < 4.78 is 6.37. The molecule has 0 atom stereocenters. The van der Waals surface area contributed by atoms with Gasteiger partial charge in [0.15, 0.2) is 0 Å². The molecule has 0 N–H and O–H groups in total. The first-order valence-corrected chi connectivity index (χ1v) is 4.01. The Morgan fingerprint density at radius 3 is 2.25 bits per heavy atom. The molecule has 0 aliphatic heterocycles. The van der Waals surface area contributed by atoms with E-state index in [0.29, 0.717) is 5.92 Å². The van der Waals surface area contributed by atoms with Gasteiger partial charge in [-0.2, -0.15) is 0 Å². The average Bonchev–Trinajstić information content (AvgIpc) is 1.67. The van der Waals surface area contributed by atoms with Gasteiger partial charge in [-0.3, -0.25) is 0 Å². The second-order valence-electron chi connectivity index (χ2n) is 1.91. The van der Waals surface area contributed by atoms with Crippen LogP contribution in [0.15, 0.2) is 0 Å². The molecule has 0 fully saturated rings. The van der Waals surface area contributed by atoms with Gasteiger partial charge in [0.2, 0.25) is 0 Å². The summed E-state index contributed by atoms with van der Waals surface area (Å²) in [5.74, 6) is 0.569. The summed E-state index contributed by atoms with van der Waals surface area (Å²) in [4.78, 5) is 0. The van der Waals surface area contributed by atoms with Gasteiger partial charge < -0.3 is 0 Å². The maximum atomic E-state index is 5.22. The van der Waals surface area contributed by atoms with Gasteiger partial charge >= 0.3 is 63.6 Å². The fraction of sp³-hybridized carbons (Fsp3) is 0.833. The maximum absolute atomic E-state index is 5.22. The number of hydrogen-bond acceptors (Lipinski definition) is 1. The molecule has 0 aromatic rings. The van der Waals surface area contributed by atoms with Crippen molar-refractivity contribution in [2.45, 2.75) is 20.8 Å². The molecule has 0 aromatic carbocycles. The predicted molar refractivity (Wildman–Crippen MR) is 37.2 cm³/mol. The van der Waals surface area contributed by atoms with E-state index in [1.165, 1.54) is 0 Å². The average molecular weight is 228 g/mol. The molecule has 0 unspecified atom stereocenters. The molecule has 0 heterocycles. The van der Waals surface area contributed by atoms with Crippen molar-refractivity contribution in [3.05, 3.63) is 0 Å². The SMILES string of the molecule is CCOC(=[Te])C(C)C. The molecule has 0 saturated heterocycles. The standard InChI is InChI=1S/C6H12OTe/c1-4-7-6(8)5(2)3/h5H,4H2,1-3H3. The molecule has 0 rings (SSSR count). The Morgan fingerprint density at radius 1 is 1.62 bits per heavy atom. The van der Waals surface area contributed by atoms with Gasteiger partial charge in [0.05, 0.1) is 0 Å². The quantitative estimate of drug-likeness (QED) is 0.654. The fourth-order valence-electron chi connectivity index (χ4n) is 0.309. The Hall–Kier alpha value is 0.460. The minimum absolute atomic E-state index is 0.569. The van der Waals surface area contributed by atoms with Crippen LogP contribution in [-0.2, 0) is 4.74 Å². The zero-order valence-corrected chi connectivity index (χ0v) is 7.93. The van der Waals surface area contributed by atoms with Crippen molar-refractivity contribution in [1.29, 1.82) is 0 Å². The van der Waals surface area contributed by atoms with Gasteiger partial charge in [-0.25, -0.2) is 0 Å². The molecule has 0 bridgehead atoms. The molecule has 1 nitrogen and oxygen atoms in total. The molecule has 0 aliphatic carbocycles. The van der Waals surface area contributed by atoms with Crippen molar-refractivity contribution >= 4 is 25.6 Å². The van der Waals surface area contributed by atoms with E-state index in [9.17, 15) is 0 Å². The van der Waals surface area contributed by atoms with E-state index in [2.05, 4.69) is 13.8 Å². The molecule has 0 radical (unpaired) electrons. The summed E-state index contributed by atoms with van der Waals surface area (Å²) >= 11 is 1.95. The fourth-order valence-corrected chi connectivity index (χ4v) is 0.645. The molecule has 0 spiro atoms. The Kier molecular flexibility index (Phi) is 4.60. The van der Waals surface area contributed by atoms with E-state index in [0.717, 1.165) is 10.3 Å². The predicted octanol–water partition coefficient (Wildman–Crippen LogP) is 0.977. The third kappa shape index (κ3) is 3.46. The van der Waals surface area contributed by atoms with E-state index in [1.807, 2.05) is 28.7 Å². The third-order valence-electron chi connectivity index (χ3n) is 0.758. The first-order chi connectivity index (χ1) is 3.68. The van der Waals surface area contributed by atoms with Crippen molar-refractivity contribution in [1.82, 2.24) is 0 Å². The van der Waals surface area contributed by atoms with Gasteiger partial charge in [0.25, 0.3) is 0 Å². The van der Waals surface area contributed by atoms with Gasteiger partial charge in [-0.05, 0) is 0 Å². The van der Waals surface area contributed by atoms with Crippen LogP contribution >= 0.6 is 0 Å². The zero-order chi connectivity index (χ0) is 6.57. The summed E-state index contributed by atoms with van der Waals surface area (Å²) in [7, 11) is 0. The number of ether oxygens (including phenoxy) is 1. The van der Waals surface area contributed by atoms with Crippen LogP contribution in [0.3, 0.4) is 0 Å². The van der Waals surface area contributed by atoms with Crippen LogP contribution in [0.25, 0.3) is 0 Å². The van der Waals surface area contributed by atoms with Crippen LogP contribution in [0.2, 0.25) is 0 Å². The van der Waals surface area contributed by atoms with Crippen LogP contribution in [0.5, 0.6) is 0 Å². The van der Waals surface area contributed by atoms with Crippen molar-refractivity contribution in [2.24, 2.45) is 5.92 Å². The topological polar surface area (TPSA) is 9.23 Å². The van der Waals surface area contributed by atoms with Crippen LogP contribution in [0.1, 0.15) is 20.8 Å². The van der Waals surface area contributed by atoms with E-state index < -0.39 is 0 Å². The minimum atomic E-state index is 0.569. The molecular formula is C6H12OTe. The molecule has 0 aliphatic rings. The number of rotatable bonds is 3. The van der Waals surface area contributed by atoms with Crippen molar-refractivity contribution in [3.63, 3.8) is 0 Å². The molecule has 2 heteroatoms. The summed E-state index contributed by atoms with van der Waals surface area (Å²) in [6.45, 7) is 7.07. The zero-order valence-electron chi connectivity index (χ0n) is 5.60. The second kappa shape index (κ2) is 4.35. The van der Waals surface area contributed by atoms with Crippen LogP contribution < -0.4 is 0 Å². The van der Waals surface area contributed by atoms with E-state index in [1.54, 1.807) is 0 Å². The van der Waals surface area contributed by atoms with Gasteiger partial charge in [0, 0.05) is 0 Å². The van der Waals surface area contributed by atoms with E-state index >= 15 is 0 Å². The normalized spacial score (nSPS) is 9.50. The molecule has 0 saturated carbocycles. The van der Waals surface area contributed by atoms with Crippen LogP contribution in [0, 0.1) is 5.92 Å². The molecular weight excluding hydrogens is 216 g/mol. The third-order valence-corrected chi connectivity index (χ3v) is 2.44. The monoisotopic (exact) mass is 230 g/mol. The van der Waals surface area contributed by atoms with Gasteiger partial charge in [0.1, 0.15) is 0 Å². The summed E-state index contributed by atoms with van der Waals surface area (Å²) in [6, 6.07) is 0. The van der Waals surface area contributed by atoms with Crippen molar-refractivity contribution in [3.8, 4) is 0 Å². The number of hydrogen-bond donors (Lipinski definition) is 0. The second-order valence-corrected chi connectivity index (χ2v) is 3.06. The van der Waals surface area contributed by atoms with Gasteiger partial charge in [-0.15, -0.1) is 0 Å². The summed E-state index contributed by atoms with van der Waals surface area (Å²) in [5, 5.41) is 0. The Morgan fingerprint density at radius 2 is 2.12 bits per heavy atom. The molecule has 8 heavy (non-hydrogen) atoms. The first kappa shape index (κ1) is 8.46. The first-order valence-electron chi connectivity index (χ1n) is 2.85. The van der Waals surface area contributed by atoms with E-state index in [-0.39, 0.29) is 0 Å². The Bertz CT molecular complexity index is 78.6.